The Morgan fingerprint density at radius 1 is 1.50 bits per heavy atom. The highest BCUT2D eigenvalue weighted by molar-refractivity contribution is 7.07. The quantitative estimate of drug-likeness (QED) is 0.863. The van der Waals surface area contributed by atoms with Crippen LogP contribution in [0.15, 0.2) is 32.6 Å². The van der Waals surface area contributed by atoms with Crippen molar-refractivity contribution in [1.29, 1.82) is 0 Å². The lowest BCUT2D eigenvalue weighted by atomic mass is 10.2. The van der Waals surface area contributed by atoms with Gasteiger partial charge < -0.3 is 5.11 Å². The maximum absolute atomic E-state index is 11.7. The number of thiophene rings is 1. The number of carboxylic acid groups (broad SMARTS) is 1. The molecule has 0 amide bonds. The lowest BCUT2D eigenvalue weighted by Gasteiger charge is -2.13. The van der Waals surface area contributed by atoms with Gasteiger partial charge in [-0.2, -0.15) is 11.3 Å². The summed E-state index contributed by atoms with van der Waals surface area (Å²) in [4.78, 5) is 35.8. The van der Waals surface area contributed by atoms with Gasteiger partial charge >= 0.3 is 11.7 Å². The summed E-state index contributed by atoms with van der Waals surface area (Å²) >= 11 is 1.48. The lowest BCUT2D eigenvalue weighted by Crippen LogP contribution is -2.34. The number of hydrogen-bond donors (Lipinski definition) is 2. The van der Waals surface area contributed by atoms with Crippen molar-refractivity contribution in [3.63, 3.8) is 0 Å². The van der Waals surface area contributed by atoms with Crippen molar-refractivity contribution in [2.75, 3.05) is 0 Å². The molecule has 0 aliphatic heterocycles. The van der Waals surface area contributed by atoms with E-state index in [0.29, 0.717) is 0 Å². The van der Waals surface area contributed by atoms with E-state index in [9.17, 15) is 14.4 Å². The Hall–Kier alpha value is -2.15. The fourth-order valence-electron chi connectivity index (χ4n) is 1.60. The predicted octanol–water partition coefficient (Wildman–Crippen LogP) is 0.906. The molecule has 0 aliphatic rings. The number of aromatic nitrogens is 2. The third-order valence-electron chi connectivity index (χ3n) is 2.64. The minimum absolute atomic E-state index is 0.335. The summed E-state index contributed by atoms with van der Waals surface area (Å²) in [7, 11) is 0. The molecule has 7 heteroatoms. The summed E-state index contributed by atoms with van der Waals surface area (Å²) < 4.78 is 1.20. The SMILES string of the molecule is CC(c1ccsc1)n1cc(C(=O)O)c(=O)[nH]c1=O. The van der Waals surface area contributed by atoms with E-state index in [1.165, 1.54) is 15.9 Å². The molecular formula is C11H10N2O4S. The Bertz CT molecular complexity index is 684. The molecule has 2 rings (SSSR count). The number of nitrogens with zero attached hydrogens (tertiary/aromatic N) is 1. The van der Waals surface area contributed by atoms with Crippen LogP contribution in [-0.2, 0) is 0 Å². The predicted molar refractivity (Wildman–Crippen MR) is 66.4 cm³/mol. The molecule has 1 unspecified atom stereocenters. The summed E-state index contributed by atoms with van der Waals surface area (Å²) in [5.41, 5.74) is -1.08. The van der Waals surface area contributed by atoms with E-state index >= 15 is 0 Å². The molecule has 6 nitrogen and oxygen atoms in total. The molecule has 94 valence electrons. The van der Waals surface area contributed by atoms with Gasteiger partial charge in [0.25, 0.3) is 5.56 Å². The molecule has 2 aromatic rings. The van der Waals surface area contributed by atoms with Crippen LogP contribution in [0.3, 0.4) is 0 Å². The van der Waals surface area contributed by atoms with E-state index in [1.807, 2.05) is 21.8 Å². The second-order valence-corrected chi connectivity index (χ2v) is 4.53. The van der Waals surface area contributed by atoms with Gasteiger partial charge in [0.05, 0.1) is 6.04 Å². The van der Waals surface area contributed by atoms with E-state index < -0.39 is 22.8 Å². The van der Waals surface area contributed by atoms with Crippen molar-refractivity contribution in [2.24, 2.45) is 0 Å². The molecule has 0 saturated heterocycles. The van der Waals surface area contributed by atoms with Gasteiger partial charge in [-0.15, -0.1) is 0 Å². The van der Waals surface area contributed by atoms with E-state index in [2.05, 4.69) is 0 Å². The van der Waals surface area contributed by atoms with Crippen LogP contribution in [0, 0.1) is 0 Å². The van der Waals surface area contributed by atoms with Gasteiger partial charge in [0.2, 0.25) is 0 Å². The van der Waals surface area contributed by atoms with Gasteiger partial charge in [0.1, 0.15) is 5.56 Å². The first-order valence-electron chi connectivity index (χ1n) is 5.11. The molecule has 2 heterocycles. The van der Waals surface area contributed by atoms with Crippen molar-refractivity contribution in [3.05, 3.63) is 55.0 Å². The molecule has 2 N–H and O–H groups in total. The average Bonchev–Trinajstić information content (AvgIpc) is 2.81. The first-order valence-corrected chi connectivity index (χ1v) is 6.06. The Labute approximate surface area is 105 Å². The van der Waals surface area contributed by atoms with Gasteiger partial charge in [-0.3, -0.25) is 14.3 Å². The second-order valence-electron chi connectivity index (χ2n) is 3.75. The Kier molecular flexibility index (Phi) is 3.15. The highest BCUT2D eigenvalue weighted by Crippen LogP contribution is 2.18. The lowest BCUT2D eigenvalue weighted by molar-refractivity contribution is 0.0693. The molecule has 0 radical (unpaired) electrons. The van der Waals surface area contributed by atoms with Crippen LogP contribution in [0.2, 0.25) is 0 Å². The zero-order valence-corrected chi connectivity index (χ0v) is 10.2. The topological polar surface area (TPSA) is 92.2 Å². The molecule has 0 saturated carbocycles. The molecule has 0 spiro atoms. The molecular weight excluding hydrogens is 256 g/mol. The number of aromatic amines is 1. The van der Waals surface area contributed by atoms with Gasteiger partial charge in [-0.25, -0.2) is 9.59 Å². The zero-order valence-electron chi connectivity index (χ0n) is 9.41. The standard InChI is InChI=1S/C11H10N2O4S/c1-6(7-2-3-18-5-7)13-4-8(10(15)16)9(14)12-11(13)17/h2-6H,1H3,(H,15,16)(H,12,14,17). The van der Waals surface area contributed by atoms with Crippen molar-refractivity contribution in [1.82, 2.24) is 9.55 Å². The molecule has 18 heavy (non-hydrogen) atoms. The van der Waals surface area contributed by atoms with Crippen LogP contribution in [0.1, 0.15) is 28.9 Å². The molecule has 0 aliphatic carbocycles. The van der Waals surface area contributed by atoms with Crippen molar-refractivity contribution in [2.45, 2.75) is 13.0 Å². The minimum Gasteiger partial charge on any atom is -0.477 e. The number of rotatable bonds is 3. The fourth-order valence-corrected chi connectivity index (χ4v) is 2.35. The van der Waals surface area contributed by atoms with Gasteiger partial charge in [-0.05, 0) is 29.3 Å². The second kappa shape index (κ2) is 4.61. The number of aromatic carboxylic acids is 1. The first kappa shape index (κ1) is 12.3. The fraction of sp³-hybridized carbons (Fsp3) is 0.182. The number of H-pyrrole nitrogens is 1. The van der Waals surface area contributed by atoms with Crippen LogP contribution in [0.25, 0.3) is 0 Å². The van der Waals surface area contributed by atoms with Crippen molar-refractivity contribution in [3.8, 4) is 0 Å². The smallest absolute Gasteiger partial charge is 0.342 e. The third kappa shape index (κ3) is 2.12. The average molecular weight is 266 g/mol. The van der Waals surface area contributed by atoms with Crippen LogP contribution in [0.4, 0.5) is 0 Å². The molecule has 0 fully saturated rings. The van der Waals surface area contributed by atoms with E-state index in [0.717, 1.165) is 11.8 Å². The van der Waals surface area contributed by atoms with Crippen molar-refractivity contribution >= 4 is 17.3 Å². The molecule has 0 aromatic carbocycles. The van der Waals surface area contributed by atoms with Crippen LogP contribution in [0.5, 0.6) is 0 Å². The summed E-state index contributed by atoms with van der Waals surface area (Å²) in [5, 5.41) is 12.6. The van der Waals surface area contributed by atoms with Crippen LogP contribution >= 0.6 is 11.3 Å². The monoisotopic (exact) mass is 266 g/mol. The number of carbonyl (C=O) groups is 1. The Morgan fingerprint density at radius 2 is 2.22 bits per heavy atom. The number of nitrogens with one attached hydrogen (secondary N) is 1. The van der Waals surface area contributed by atoms with Gasteiger partial charge in [-0.1, -0.05) is 0 Å². The molecule has 1 atom stereocenters. The third-order valence-corrected chi connectivity index (χ3v) is 3.34. The van der Waals surface area contributed by atoms with E-state index in [1.54, 1.807) is 6.92 Å². The maximum atomic E-state index is 11.7. The Balaban J connectivity index is 2.58. The first-order chi connectivity index (χ1) is 8.50. The minimum atomic E-state index is -1.36. The normalized spacial score (nSPS) is 12.3. The van der Waals surface area contributed by atoms with Gasteiger partial charge in [0, 0.05) is 6.20 Å². The maximum Gasteiger partial charge on any atom is 0.342 e. The van der Waals surface area contributed by atoms with Crippen LogP contribution in [-0.4, -0.2) is 20.6 Å². The highest BCUT2D eigenvalue weighted by atomic mass is 32.1. The van der Waals surface area contributed by atoms with Crippen LogP contribution < -0.4 is 11.2 Å². The highest BCUT2D eigenvalue weighted by Gasteiger charge is 2.15. The summed E-state index contributed by atoms with van der Waals surface area (Å²) in [6.45, 7) is 1.76. The van der Waals surface area contributed by atoms with Crippen molar-refractivity contribution < 1.29 is 9.90 Å². The molecule has 0 bridgehead atoms. The summed E-state index contributed by atoms with van der Waals surface area (Å²) in [6.07, 6.45) is 1.08. The zero-order chi connectivity index (χ0) is 13.3. The van der Waals surface area contributed by atoms with E-state index in [4.69, 9.17) is 5.11 Å². The summed E-state index contributed by atoms with van der Waals surface area (Å²) in [6, 6.07) is 1.51. The van der Waals surface area contributed by atoms with E-state index in [-0.39, 0.29) is 6.04 Å². The Morgan fingerprint density at radius 3 is 2.78 bits per heavy atom. The van der Waals surface area contributed by atoms with Gasteiger partial charge in [0.15, 0.2) is 0 Å². The largest absolute Gasteiger partial charge is 0.477 e. The number of hydrogen-bond acceptors (Lipinski definition) is 4. The number of carboxylic acids is 1. The summed E-state index contributed by atoms with van der Waals surface area (Å²) in [5.74, 6) is -1.36. The molecule has 2 aromatic heterocycles.